The first kappa shape index (κ1) is 17.5. The molecule has 0 fully saturated rings. The van der Waals surface area contributed by atoms with E-state index in [1.807, 2.05) is 0 Å². The Kier molecular flexibility index (Phi) is 4.87. The average Bonchev–Trinajstić information content (AvgIpc) is 2.53. The van der Waals surface area contributed by atoms with E-state index >= 15 is 0 Å². The molecule has 24 heavy (non-hydrogen) atoms. The summed E-state index contributed by atoms with van der Waals surface area (Å²) in [5.74, 6) is -1.20. The maximum Gasteiger partial charge on any atom is 0.433 e. The van der Waals surface area contributed by atoms with Crippen LogP contribution in [0.25, 0.3) is 0 Å². The highest BCUT2D eigenvalue weighted by molar-refractivity contribution is 6.05. The third-order valence-electron chi connectivity index (χ3n) is 3.16. The molecule has 1 amide bonds. The highest BCUT2D eigenvalue weighted by Crippen LogP contribution is 2.28. The van der Waals surface area contributed by atoms with E-state index in [1.54, 1.807) is 6.07 Å². The quantitative estimate of drug-likeness (QED) is 0.871. The van der Waals surface area contributed by atoms with Crippen LogP contribution in [0.4, 0.5) is 18.9 Å². The molecule has 1 aromatic carbocycles. The van der Waals surface area contributed by atoms with Crippen LogP contribution in [0.2, 0.25) is 0 Å². The van der Waals surface area contributed by atoms with Crippen molar-refractivity contribution in [2.24, 2.45) is 0 Å². The highest BCUT2D eigenvalue weighted by atomic mass is 19.4. The Bertz CT molecular complexity index is 788. The van der Waals surface area contributed by atoms with Gasteiger partial charge in [0.2, 0.25) is 0 Å². The van der Waals surface area contributed by atoms with E-state index < -0.39 is 23.7 Å². The molecular weight excluding hydrogens is 325 g/mol. The number of anilines is 1. The lowest BCUT2D eigenvalue weighted by Crippen LogP contribution is -2.17. The minimum atomic E-state index is -4.57. The molecule has 0 radical (unpaired) electrons. The number of alkyl halides is 3. The number of nitrogens with zero attached hydrogens (tertiary/aromatic N) is 1. The number of methoxy groups -OCH3 is 1. The molecule has 0 unspecified atom stereocenters. The monoisotopic (exact) mass is 338 g/mol. The molecule has 0 bridgehead atoms. The number of aromatic nitrogens is 1. The van der Waals surface area contributed by atoms with Crippen LogP contribution < -0.4 is 5.32 Å². The Morgan fingerprint density at radius 3 is 2.46 bits per heavy atom. The summed E-state index contributed by atoms with van der Waals surface area (Å²) in [6.45, 7) is 1.31. The summed E-state index contributed by atoms with van der Waals surface area (Å²) in [7, 11) is 1.23. The van der Waals surface area contributed by atoms with Crippen LogP contribution >= 0.6 is 0 Å². The van der Waals surface area contributed by atoms with Crippen molar-refractivity contribution in [3.63, 3.8) is 0 Å². The second-order valence-corrected chi connectivity index (χ2v) is 4.85. The van der Waals surface area contributed by atoms with Crippen LogP contribution in [-0.2, 0) is 10.9 Å². The number of benzene rings is 1. The third kappa shape index (κ3) is 3.89. The first-order valence-corrected chi connectivity index (χ1v) is 6.77. The van der Waals surface area contributed by atoms with E-state index in [0.717, 1.165) is 12.1 Å². The molecule has 1 N–H and O–H groups in total. The second-order valence-electron chi connectivity index (χ2n) is 4.85. The van der Waals surface area contributed by atoms with Gasteiger partial charge >= 0.3 is 12.1 Å². The van der Waals surface area contributed by atoms with Crippen molar-refractivity contribution in [3.8, 4) is 0 Å². The van der Waals surface area contributed by atoms with Crippen molar-refractivity contribution >= 4 is 17.6 Å². The lowest BCUT2D eigenvalue weighted by molar-refractivity contribution is -0.141. The molecular formula is C16H13F3N2O3. The van der Waals surface area contributed by atoms with Crippen LogP contribution in [0, 0.1) is 6.92 Å². The molecule has 0 saturated heterocycles. The Morgan fingerprint density at radius 1 is 1.17 bits per heavy atom. The number of amides is 1. The van der Waals surface area contributed by atoms with E-state index in [0.29, 0.717) is 5.69 Å². The molecule has 0 aliphatic carbocycles. The van der Waals surface area contributed by atoms with E-state index in [4.69, 9.17) is 0 Å². The van der Waals surface area contributed by atoms with Crippen molar-refractivity contribution in [2.45, 2.75) is 13.1 Å². The summed E-state index contributed by atoms with van der Waals surface area (Å²) in [4.78, 5) is 27.1. The molecule has 0 spiro atoms. The number of hydrogen-bond acceptors (Lipinski definition) is 4. The summed E-state index contributed by atoms with van der Waals surface area (Å²) >= 11 is 0. The predicted octanol–water partition coefficient (Wildman–Crippen LogP) is 3.45. The topological polar surface area (TPSA) is 68.3 Å². The van der Waals surface area contributed by atoms with Crippen molar-refractivity contribution < 1.29 is 27.5 Å². The van der Waals surface area contributed by atoms with E-state index in [2.05, 4.69) is 15.0 Å². The van der Waals surface area contributed by atoms with E-state index in [-0.39, 0.29) is 16.8 Å². The summed E-state index contributed by atoms with van der Waals surface area (Å²) in [6, 6.07) is 7.79. The average molecular weight is 338 g/mol. The molecule has 0 atom stereocenters. The minimum Gasteiger partial charge on any atom is -0.465 e. The first-order chi connectivity index (χ1) is 11.2. The summed E-state index contributed by atoms with van der Waals surface area (Å²) in [6.07, 6.45) is -4.57. The van der Waals surface area contributed by atoms with Gasteiger partial charge in [-0.15, -0.1) is 0 Å². The van der Waals surface area contributed by atoms with Crippen molar-refractivity contribution in [2.75, 3.05) is 12.4 Å². The maximum absolute atomic E-state index is 12.6. The Hall–Kier alpha value is -2.90. The SMILES string of the molecule is COC(=O)c1cccc(NC(=O)c2ccc(C(F)(F)F)nc2C)c1. The lowest BCUT2D eigenvalue weighted by atomic mass is 10.1. The van der Waals surface area contributed by atoms with Crippen LogP contribution in [0.5, 0.6) is 0 Å². The van der Waals surface area contributed by atoms with Gasteiger partial charge in [-0.05, 0) is 37.3 Å². The predicted molar refractivity (Wildman–Crippen MR) is 79.7 cm³/mol. The van der Waals surface area contributed by atoms with Gasteiger partial charge in [-0.2, -0.15) is 13.2 Å². The van der Waals surface area contributed by atoms with Crippen molar-refractivity contribution in [3.05, 3.63) is 58.9 Å². The molecule has 126 valence electrons. The second kappa shape index (κ2) is 6.69. The highest BCUT2D eigenvalue weighted by Gasteiger charge is 2.33. The molecule has 0 aliphatic rings. The molecule has 2 rings (SSSR count). The van der Waals surface area contributed by atoms with Gasteiger partial charge in [0, 0.05) is 5.69 Å². The van der Waals surface area contributed by atoms with Gasteiger partial charge < -0.3 is 10.1 Å². The number of carbonyl (C=O) groups is 2. The van der Waals surface area contributed by atoms with Crippen molar-refractivity contribution in [1.82, 2.24) is 4.98 Å². The number of carbonyl (C=O) groups excluding carboxylic acids is 2. The maximum atomic E-state index is 12.6. The van der Waals surface area contributed by atoms with Crippen LogP contribution in [0.1, 0.15) is 32.1 Å². The number of pyridine rings is 1. The molecule has 5 nitrogen and oxygen atoms in total. The molecule has 1 heterocycles. The summed E-state index contributed by atoms with van der Waals surface area (Å²) < 4.78 is 42.4. The largest absolute Gasteiger partial charge is 0.465 e. The molecule has 0 saturated carbocycles. The molecule has 2 aromatic rings. The van der Waals surface area contributed by atoms with Gasteiger partial charge in [-0.25, -0.2) is 9.78 Å². The van der Waals surface area contributed by atoms with Gasteiger partial charge in [0.05, 0.1) is 23.9 Å². The first-order valence-electron chi connectivity index (χ1n) is 6.77. The van der Waals surface area contributed by atoms with Gasteiger partial charge in [0.15, 0.2) is 0 Å². The summed E-state index contributed by atoms with van der Waals surface area (Å²) in [5.41, 5.74) is -0.568. The third-order valence-corrected chi connectivity index (χ3v) is 3.16. The van der Waals surface area contributed by atoms with Gasteiger partial charge in [0.1, 0.15) is 5.69 Å². The van der Waals surface area contributed by atoms with Gasteiger partial charge in [-0.3, -0.25) is 4.79 Å². The van der Waals surface area contributed by atoms with Crippen LogP contribution in [0.15, 0.2) is 36.4 Å². The molecule has 0 aliphatic heterocycles. The van der Waals surface area contributed by atoms with Gasteiger partial charge in [0.25, 0.3) is 5.91 Å². The fraction of sp³-hybridized carbons (Fsp3) is 0.188. The Balaban J connectivity index is 2.23. The fourth-order valence-electron chi connectivity index (χ4n) is 2.00. The molecule has 1 aromatic heterocycles. The number of aryl methyl sites for hydroxylation is 1. The molecule has 8 heteroatoms. The van der Waals surface area contributed by atoms with E-state index in [9.17, 15) is 22.8 Å². The van der Waals surface area contributed by atoms with Gasteiger partial charge in [-0.1, -0.05) is 6.07 Å². The Labute approximate surface area is 135 Å². The standard InChI is InChI=1S/C16H13F3N2O3/c1-9-12(6-7-13(20-9)16(17,18)19)14(22)21-11-5-3-4-10(8-11)15(23)24-2/h3-8H,1-2H3,(H,21,22). The normalized spacial score (nSPS) is 11.0. The number of rotatable bonds is 3. The number of halogens is 3. The van der Waals surface area contributed by atoms with Crippen LogP contribution in [0.3, 0.4) is 0 Å². The zero-order chi connectivity index (χ0) is 17.9. The minimum absolute atomic E-state index is 0.00599. The van der Waals surface area contributed by atoms with Crippen molar-refractivity contribution in [1.29, 1.82) is 0 Å². The zero-order valence-corrected chi connectivity index (χ0v) is 12.8. The number of ether oxygens (including phenoxy) is 1. The summed E-state index contributed by atoms with van der Waals surface area (Å²) in [5, 5.41) is 2.51. The Morgan fingerprint density at radius 2 is 1.88 bits per heavy atom. The van der Waals surface area contributed by atoms with E-state index in [1.165, 1.54) is 32.2 Å². The number of nitrogens with one attached hydrogen (secondary N) is 1. The zero-order valence-electron chi connectivity index (χ0n) is 12.8. The fourth-order valence-corrected chi connectivity index (χ4v) is 2.00. The number of esters is 1. The lowest BCUT2D eigenvalue weighted by Gasteiger charge is -2.11. The number of hydrogen-bond donors (Lipinski definition) is 1. The van der Waals surface area contributed by atoms with Crippen LogP contribution in [-0.4, -0.2) is 24.0 Å². The smallest absolute Gasteiger partial charge is 0.433 e.